The molecule has 0 bridgehead atoms. The minimum Gasteiger partial charge on any atom is -0.366 e. The Bertz CT molecular complexity index is 390. The highest BCUT2D eigenvalue weighted by Gasteiger charge is 2.30. The molecule has 17 heavy (non-hydrogen) atoms. The zero-order valence-corrected chi connectivity index (χ0v) is 10.8. The summed E-state index contributed by atoms with van der Waals surface area (Å²) < 4.78 is 13.2. The molecule has 1 aliphatic rings. The van der Waals surface area contributed by atoms with Crippen molar-refractivity contribution in [3.63, 3.8) is 0 Å². The Morgan fingerprint density at radius 1 is 1.47 bits per heavy atom. The van der Waals surface area contributed by atoms with Crippen LogP contribution in [-0.4, -0.2) is 25.7 Å². The van der Waals surface area contributed by atoms with Gasteiger partial charge in [0.2, 0.25) is 0 Å². The minimum atomic E-state index is -0.123. The van der Waals surface area contributed by atoms with Crippen molar-refractivity contribution in [1.29, 1.82) is 0 Å². The lowest BCUT2D eigenvalue weighted by atomic mass is 10.1. The zero-order valence-electron chi connectivity index (χ0n) is 10.8. The SMILES string of the molecule is CNCCC1Cc2cc(F)ccc2N1C(C)C. The van der Waals surface area contributed by atoms with Crippen LogP contribution in [0.3, 0.4) is 0 Å². The Kier molecular flexibility index (Phi) is 3.67. The molecule has 0 fully saturated rings. The van der Waals surface area contributed by atoms with Crippen LogP contribution in [0.25, 0.3) is 0 Å². The second-order valence-corrected chi connectivity index (χ2v) is 5.02. The Morgan fingerprint density at radius 2 is 2.24 bits per heavy atom. The number of halogens is 1. The van der Waals surface area contributed by atoms with E-state index in [0.717, 1.165) is 24.9 Å². The summed E-state index contributed by atoms with van der Waals surface area (Å²) in [5.41, 5.74) is 2.36. The van der Waals surface area contributed by atoms with E-state index in [1.807, 2.05) is 13.1 Å². The van der Waals surface area contributed by atoms with E-state index in [4.69, 9.17) is 0 Å². The molecule has 1 aliphatic heterocycles. The van der Waals surface area contributed by atoms with Crippen LogP contribution in [0, 0.1) is 5.82 Å². The molecule has 0 aliphatic carbocycles. The van der Waals surface area contributed by atoms with Crippen molar-refractivity contribution in [3.05, 3.63) is 29.6 Å². The molecular formula is C14H21FN2. The number of fused-ring (bicyclic) bond motifs is 1. The van der Waals surface area contributed by atoms with Gasteiger partial charge in [-0.3, -0.25) is 0 Å². The number of anilines is 1. The van der Waals surface area contributed by atoms with Crippen molar-refractivity contribution in [2.45, 2.75) is 38.8 Å². The Morgan fingerprint density at radius 3 is 2.88 bits per heavy atom. The highest BCUT2D eigenvalue weighted by atomic mass is 19.1. The summed E-state index contributed by atoms with van der Waals surface area (Å²) in [6.45, 7) is 5.40. The van der Waals surface area contributed by atoms with Crippen molar-refractivity contribution in [2.24, 2.45) is 0 Å². The van der Waals surface area contributed by atoms with Crippen LogP contribution in [0.4, 0.5) is 10.1 Å². The van der Waals surface area contributed by atoms with E-state index in [1.54, 1.807) is 12.1 Å². The van der Waals surface area contributed by atoms with Crippen molar-refractivity contribution < 1.29 is 4.39 Å². The van der Waals surface area contributed by atoms with E-state index in [1.165, 1.54) is 5.69 Å². The largest absolute Gasteiger partial charge is 0.366 e. The number of hydrogen-bond donors (Lipinski definition) is 1. The summed E-state index contributed by atoms with van der Waals surface area (Å²) in [4.78, 5) is 2.42. The van der Waals surface area contributed by atoms with Gasteiger partial charge < -0.3 is 10.2 Å². The average molecular weight is 236 g/mol. The van der Waals surface area contributed by atoms with Gasteiger partial charge in [-0.2, -0.15) is 0 Å². The molecule has 0 radical (unpaired) electrons. The van der Waals surface area contributed by atoms with Gasteiger partial charge in [0.1, 0.15) is 5.82 Å². The van der Waals surface area contributed by atoms with Gasteiger partial charge in [-0.15, -0.1) is 0 Å². The fourth-order valence-corrected chi connectivity index (χ4v) is 2.77. The van der Waals surface area contributed by atoms with Crippen LogP contribution in [0.1, 0.15) is 25.8 Å². The number of benzene rings is 1. The fraction of sp³-hybridized carbons (Fsp3) is 0.571. The van der Waals surface area contributed by atoms with Gasteiger partial charge in [0.05, 0.1) is 0 Å². The first-order valence-corrected chi connectivity index (χ1v) is 6.35. The zero-order chi connectivity index (χ0) is 12.4. The maximum absolute atomic E-state index is 13.2. The van der Waals surface area contributed by atoms with E-state index in [0.29, 0.717) is 12.1 Å². The molecule has 1 N–H and O–H groups in total. The number of nitrogens with zero attached hydrogens (tertiary/aromatic N) is 1. The average Bonchev–Trinajstić information content (AvgIpc) is 2.63. The normalized spacial score (nSPS) is 18.9. The lowest BCUT2D eigenvalue weighted by Gasteiger charge is -2.31. The smallest absolute Gasteiger partial charge is 0.123 e. The second kappa shape index (κ2) is 5.05. The number of hydrogen-bond acceptors (Lipinski definition) is 2. The summed E-state index contributed by atoms with van der Waals surface area (Å²) >= 11 is 0. The number of rotatable bonds is 4. The Hall–Kier alpha value is -1.09. The van der Waals surface area contributed by atoms with Gasteiger partial charge in [-0.1, -0.05) is 0 Å². The highest BCUT2D eigenvalue weighted by Crippen LogP contribution is 2.35. The third kappa shape index (κ3) is 2.44. The maximum atomic E-state index is 13.2. The van der Waals surface area contributed by atoms with Crippen molar-refractivity contribution in [3.8, 4) is 0 Å². The molecule has 1 aromatic carbocycles. The molecule has 0 spiro atoms. The minimum absolute atomic E-state index is 0.123. The first-order chi connectivity index (χ1) is 8.13. The maximum Gasteiger partial charge on any atom is 0.123 e. The Labute approximate surface area is 103 Å². The predicted molar refractivity (Wildman–Crippen MR) is 70.1 cm³/mol. The molecule has 1 atom stereocenters. The predicted octanol–water partition coefficient (Wildman–Crippen LogP) is 2.57. The molecule has 3 heteroatoms. The quantitative estimate of drug-likeness (QED) is 0.864. The molecule has 2 rings (SSSR count). The van der Waals surface area contributed by atoms with Crippen molar-refractivity contribution in [2.75, 3.05) is 18.5 Å². The summed E-state index contributed by atoms with van der Waals surface area (Å²) in [5, 5.41) is 3.19. The molecular weight excluding hydrogens is 215 g/mol. The topological polar surface area (TPSA) is 15.3 Å². The fourth-order valence-electron chi connectivity index (χ4n) is 2.77. The Balaban J connectivity index is 2.24. The van der Waals surface area contributed by atoms with Crippen molar-refractivity contribution in [1.82, 2.24) is 5.32 Å². The molecule has 1 unspecified atom stereocenters. The molecule has 0 saturated carbocycles. The summed E-state index contributed by atoms with van der Waals surface area (Å²) in [7, 11) is 1.97. The van der Waals surface area contributed by atoms with Crippen LogP contribution in [0.15, 0.2) is 18.2 Å². The van der Waals surface area contributed by atoms with E-state index in [2.05, 4.69) is 24.1 Å². The molecule has 0 amide bonds. The van der Waals surface area contributed by atoms with Gasteiger partial charge in [0.15, 0.2) is 0 Å². The molecule has 0 saturated heterocycles. The monoisotopic (exact) mass is 236 g/mol. The van der Waals surface area contributed by atoms with Crippen molar-refractivity contribution >= 4 is 5.69 Å². The third-order valence-corrected chi connectivity index (χ3v) is 3.45. The first kappa shape index (κ1) is 12.4. The van der Waals surface area contributed by atoms with Crippen LogP contribution in [-0.2, 0) is 6.42 Å². The van der Waals surface area contributed by atoms with E-state index < -0.39 is 0 Å². The van der Waals surface area contributed by atoms with Gasteiger partial charge in [0.25, 0.3) is 0 Å². The lowest BCUT2D eigenvalue weighted by molar-refractivity contribution is 0.524. The third-order valence-electron chi connectivity index (χ3n) is 3.45. The highest BCUT2D eigenvalue weighted by molar-refractivity contribution is 5.60. The van der Waals surface area contributed by atoms with Gasteiger partial charge in [-0.05, 0) is 64.0 Å². The second-order valence-electron chi connectivity index (χ2n) is 5.02. The standard InChI is InChI=1S/C14H21FN2/c1-10(2)17-13(6-7-16-3)9-11-8-12(15)4-5-14(11)17/h4-5,8,10,13,16H,6-7,9H2,1-3H3. The first-order valence-electron chi connectivity index (χ1n) is 6.35. The van der Waals surface area contributed by atoms with E-state index in [9.17, 15) is 4.39 Å². The molecule has 1 aromatic rings. The number of nitrogens with one attached hydrogen (secondary N) is 1. The van der Waals surface area contributed by atoms with Gasteiger partial charge in [-0.25, -0.2) is 4.39 Å². The molecule has 1 heterocycles. The van der Waals surface area contributed by atoms with Gasteiger partial charge in [0, 0.05) is 17.8 Å². The van der Waals surface area contributed by atoms with Gasteiger partial charge >= 0.3 is 0 Å². The van der Waals surface area contributed by atoms with Crippen LogP contribution in [0.5, 0.6) is 0 Å². The summed E-state index contributed by atoms with van der Waals surface area (Å²) in [6.07, 6.45) is 2.07. The lowest BCUT2D eigenvalue weighted by Crippen LogP contribution is -2.39. The summed E-state index contributed by atoms with van der Waals surface area (Å²) in [5.74, 6) is -0.123. The molecule has 2 nitrogen and oxygen atoms in total. The summed E-state index contributed by atoms with van der Waals surface area (Å²) in [6, 6.07) is 6.13. The molecule has 0 aromatic heterocycles. The molecule has 94 valence electrons. The van der Waals surface area contributed by atoms with Crippen LogP contribution >= 0.6 is 0 Å². The van der Waals surface area contributed by atoms with E-state index in [-0.39, 0.29) is 5.82 Å². The van der Waals surface area contributed by atoms with Crippen LogP contribution in [0.2, 0.25) is 0 Å². The van der Waals surface area contributed by atoms with Crippen LogP contribution < -0.4 is 10.2 Å². The van der Waals surface area contributed by atoms with E-state index >= 15 is 0 Å².